The summed E-state index contributed by atoms with van der Waals surface area (Å²) >= 11 is 1.76. The predicted molar refractivity (Wildman–Crippen MR) is 237 cm³/mol. The van der Waals surface area contributed by atoms with Crippen molar-refractivity contribution in [2.24, 2.45) is 0 Å². The van der Waals surface area contributed by atoms with Gasteiger partial charge in [0.2, 0.25) is 0 Å². The number of rotatable bonds is 6. The molecular formula is C52H52N2O4S. The zero-order valence-electron chi connectivity index (χ0n) is 33.5. The summed E-state index contributed by atoms with van der Waals surface area (Å²) in [5.74, 6) is 1.72. The van der Waals surface area contributed by atoms with Gasteiger partial charge in [0, 0.05) is 47.1 Å². The van der Waals surface area contributed by atoms with Gasteiger partial charge in [0.1, 0.15) is 24.7 Å². The molecule has 0 radical (unpaired) electrons. The molecule has 300 valence electrons. The first-order valence-electron chi connectivity index (χ1n) is 20.6. The Hall–Kier alpha value is -5.54. The Morgan fingerprint density at radius 3 is 1.22 bits per heavy atom. The average Bonchev–Trinajstić information content (AvgIpc) is 3.74. The lowest BCUT2D eigenvalue weighted by molar-refractivity contribution is 0.0426. The molecular weight excluding hydrogens is 749 g/mol. The third-order valence-corrected chi connectivity index (χ3v) is 11.8. The Balaban J connectivity index is 1.11. The van der Waals surface area contributed by atoms with Crippen molar-refractivity contribution < 1.29 is 18.9 Å². The standard InChI is InChI=1S/C52H52N2O4S/c1-5-17-41(18-6-1)33-53-35-45-25-13-15-27-51(45)57-31-32-58-52-28-16-14-26-46(52)36-54(34-42-19-7-2-8-20-42)50(44-23-11-4-12-24-44)40-56-38-48-30-29-47(59-48)37-55-39-49(53)43-21-9-3-10-22-43/h1-30,49-50H,31-40H2/t49-,50-/m0/s1. The molecule has 0 amide bonds. The van der Waals surface area contributed by atoms with E-state index in [9.17, 15) is 0 Å². The first-order chi connectivity index (χ1) is 29.2. The summed E-state index contributed by atoms with van der Waals surface area (Å²) in [6.45, 7) is 5.81. The first-order valence-corrected chi connectivity index (χ1v) is 21.4. The van der Waals surface area contributed by atoms with Gasteiger partial charge in [-0.15, -0.1) is 11.3 Å². The van der Waals surface area contributed by atoms with Crippen LogP contribution in [0.3, 0.4) is 0 Å². The maximum absolute atomic E-state index is 6.63. The molecule has 2 bridgehead atoms. The molecule has 0 saturated carbocycles. The van der Waals surface area contributed by atoms with Crippen LogP contribution in [-0.2, 0) is 48.9 Å². The first kappa shape index (κ1) is 40.2. The van der Waals surface area contributed by atoms with Crippen LogP contribution >= 0.6 is 11.3 Å². The van der Waals surface area contributed by atoms with Gasteiger partial charge >= 0.3 is 0 Å². The summed E-state index contributed by atoms with van der Waals surface area (Å²) in [6.07, 6.45) is 0. The summed E-state index contributed by atoms with van der Waals surface area (Å²) in [4.78, 5) is 7.38. The molecule has 1 aromatic heterocycles. The minimum absolute atomic E-state index is 0.00224. The van der Waals surface area contributed by atoms with E-state index in [1.807, 2.05) is 12.1 Å². The van der Waals surface area contributed by atoms with Gasteiger partial charge in [0.05, 0.1) is 38.5 Å². The van der Waals surface area contributed by atoms with Crippen molar-refractivity contribution in [3.8, 4) is 11.5 Å². The van der Waals surface area contributed by atoms with Crippen molar-refractivity contribution in [3.63, 3.8) is 0 Å². The molecule has 2 heterocycles. The van der Waals surface area contributed by atoms with Gasteiger partial charge in [-0.3, -0.25) is 9.80 Å². The monoisotopic (exact) mass is 800 g/mol. The maximum Gasteiger partial charge on any atom is 0.123 e. The third-order valence-electron chi connectivity index (χ3n) is 10.8. The topological polar surface area (TPSA) is 43.4 Å². The normalized spacial score (nSPS) is 17.8. The molecule has 0 unspecified atom stereocenters. The van der Waals surface area contributed by atoms with Crippen molar-refractivity contribution in [1.29, 1.82) is 0 Å². The van der Waals surface area contributed by atoms with E-state index < -0.39 is 0 Å². The van der Waals surface area contributed by atoms with Crippen molar-refractivity contribution in [3.05, 3.63) is 225 Å². The lowest BCUT2D eigenvalue weighted by atomic mass is 10.0. The van der Waals surface area contributed by atoms with Crippen LogP contribution in [0.5, 0.6) is 11.5 Å². The lowest BCUT2D eigenvalue weighted by Crippen LogP contribution is -2.31. The summed E-state index contributed by atoms with van der Waals surface area (Å²) in [6, 6.07) is 64.0. The van der Waals surface area contributed by atoms with E-state index in [1.165, 1.54) is 32.0 Å². The zero-order valence-corrected chi connectivity index (χ0v) is 34.3. The molecule has 1 aliphatic heterocycles. The lowest BCUT2D eigenvalue weighted by Gasteiger charge is -2.33. The SMILES string of the molecule is c1ccc(CN2Cc3ccccc3OCCOc3ccccc3CN(Cc3ccccc3)[C@H](c3ccccc3)COCc3ccc(s3)COC[C@H]2c2ccccc2)cc1. The van der Waals surface area contributed by atoms with Crippen LogP contribution in [0.4, 0.5) is 0 Å². The van der Waals surface area contributed by atoms with Gasteiger partial charge in [-0.05, 0) is 46.5 Å². The number of thiophene rings is 1. The molecule has 0 N–H and O–H groups in total. The largest absolute Gasteiger partial charge is 0.490 e. The molecule has 0 spiro atoms. The number of nitrogens with zero attached hydrogens (tertiary/aromatic N) is 2. The fourth-order valence-corrected chi connectivity index (χ4v) is 8.67. The highest BCUT2D eigenvalue weighted by atomic mass is 32.1. The second-order valence-corrected chi connectivity index (χ2v) is 16.2. The fraction of sp³-hybridized carbons (Fsp3) is 0.231. The van der Waals surface area contributed by atoms with E-state index >= 15 is 0 Å². The maximum atomic E-state index is 6.63. The second kappa shape index (κ2) is 20.9. The molecule has 59 heavy (non-hydrogen) atoms. The third kappa shape index (κ3) is 11.4. The fourth-order valence-electron chi connectivity index (χ4n) is 7.77. The van der Waals surface area contributed by atoms with E-state index in [0.29, 0.717) is 52.7 Å². The molecule has 6 aromatic carbocycles. The van der Waals surface area contributed by atoms with Gasteiger partial charge in [-0.25, -0.2) is 0 Å². The number of para-hydroxylation sites is 2. The van der Waals surface area contributed by atoms with Crippen molar-refractivity contribution in [2.75, 3.05) is 26.4 Å². The van der Waals surface area contributed by atoms with Crippen LogP contribution in [0, 0.1) is 0 Å². The van der Waals surface area contributed by atoms with Gasteiger partial charge in [0.25, 0.3) is 0 Å². The van der Waals surface area contributed by atoms with E-state index in [1.54, 1.807) is 11.3 Å². The van der Waals surface area contributed by atoms with E-state index in [4.69, 9.17) is 18.9 Å². The quantitative estimate of drug-likeness (QED) is 0.167. The highest BCUT2D eigenvalue weighted by molar-refractivity contribution is 7.11. The van der Waals surface area contributed by atoms with Crippen LogP contribution in [-0.4, -0.2) is 36.2 Å². The number of benzene rings is 6. The highest BCUT2D eigenvalue weighted by Crippen LogP contribution is 2.32. The molecule has 0 fully saturated rings. The highest BCUT2D eigenvalue weighted by Gasteiger charge is 2.25. The summed E-state index contributed by atoms with van der Waals surface area (Å²) < 4.78 is 26.4. The van der Waals surface area contributed by atoms with Gasteiger partial charge in [-0.2, -0.15) is 0 Å². The minimum Gasteiger partial charge on any atom is -0.490 e. The van der Waals surface area contributed by atoms with Crippen LogP contribution in [0.15, 0.2) is 182 Å². The molecule has 0 saturated heterocycles. The van der Waals surface area contributed by atoms with Gasteiger partial charge < -0.3 is 18.9 Å². The Morgan fingerprint density at radius 2 is 0.797 bits per heavy atom. The Morgan fingerprint density at radius 1 is 0.424 bits per heavy atom. The van der Waals surface area contributed by atoms with E-state index in [0.717, 1.165) is 35.7 Å². The Bertz CT molecular complexity index is 2130. The van der Waals surface area contributed by atoms with Crippen molar-refractivity contribution in [2.45, 2.75) is 51.5 Å². The molecule has 0 aliphatic carbocycles. The zero-order chi connectivity index (χ0) is 39.9. The Kier molecular flexibility index (Phi) is 14.3. The number of fused-ring (bicyclic) bond motifs is 4. The van der Waals surface area contributed by atoms with E-state index in [-0.39, 0.29) is 12.1 Å². The smallest absolute Gasteiger partial charge is 0.123 e. The van der Waals surface area contributed by atoms with Crippen LogP contribution < -0.4 is 9.47 Å². The molecule has 6 nitrogen and oxygen atoms in total. The van der Waals surface area contributed by atoms with Crippen molar-refractivity contribution >= 4 is 11.3 Å². The summed E-state index contributed by atoms with van der Waals surface area (Å²) in [5, 5.41) is 0. The second-order valence-electron chi connectivity index (χ2n) is 14.9. The molecule has 1 aliphatic rings. The predicted octanol–water partition coefficient (Wildman–Crippen LogP) is 11.4. The van der Waals surface area contributed by atoms with Crippen LogP contribution in [0.2, 0.25) is 0 Å². The van der Waals surface area contributed by atoms with E-state index in [2.05, 4.69) is 180 Å². The van der Waals surface area contributed by atoms with Crippen molar-refractivity contribution in [1.82, 2.24) is 9.80 Å². The molecule has 7 aromatic rings. The number of hydrogen-bond acceptors (Lipinski definition) is 7. The Labute approximate surface area is 353 Å². The average molecular weight is 801 g/mol. The minimum atomic E-state index is 0.00224. The summed E-state index contributed by atoms with van der Waals surface area (Å²) in [7, 11) is 0. The van der Waals surface area contributed by atoms with Gasteiger partial charge in [0.15, 0.2) is 0 Å². The van der Waals surface area contributed by atoms with Crippen LogP contribution in [0.1, 0.15) is 55.2 Å². The number of ether oxygens (including phenoxy) is 4. The van der Waals surface area contributed by atoms with Crippen LogP contribution in [0.25, 0.3) is 0 Å². The molecule has 8 rings (SSSR count). The molecule has 7 heteroatoms. The van der Waals surface area contributed by atoms with Gasteiger partial charge in [-0.1, -0.05) is 158 Å². The summed E-state index contributed by atoms with van der Waals surface area (Å²) in [5.41, 5.74) is 7.17. The number of hydrogen-bond donors (Lipinski definition) is 0. The molecule has 2 atom stereocenters.